The fourth-order valence-corrected chi connectivity index (χ4v) is 4.10. The third-order valence-electron chi connectivity index (χ3n) is 6.07. The summed E-state index contributed by atoms with van der Waals surface area (Å²) >= 11 is 0. The maximum Gasteiger partial charge on any atom is 0.257 e. The molecule has 3 aromatic rings. The number of hydrogen-bond donors (Lipinski definition) is 0. The quantitative estimate of drug-likeness (QED) is 0.502. The summed E-state index contributed by atoms with van der Waals surface area (Å²) in [5, 5.41) is 0. The number of anilines is 1. The Hall–Kier alpha value is -3.73. The van der Waals surface area contributed by atoms with Gasteiger partial charge in [0.25, 0.3) is 11.8 Å². The number of aryl methyl sites for hydroxylation is 1. The normalized spacial score (nSPS) is 15.9. The molecule has 1 unspecified atom stereocenters. The van der Waals surface area contributed by atoms with Crippen molar-refractivity contribution in [3.05, 3.63) is 101 Å². The molecule has 0 bridgehead atoms. The Balaban J connectivity index is 1.66. The second-order valence-electron chi connectivity index (χ2n) is 8.82. The highest BCUT2D eigenvalue weighted by Crippen LogP contribution is 2.29. The van der Waals surface area contributed by atoms with E-state index >= 15 is 0 Å². The lowest BCUT2D eigenvalue weighted by Crippen LogP contribution is -2.45. The monoisotopic (exact) mass is 440 g/mol. The van der Waals surface area contributed by atoms with Crippen molar-refractivity contribution in [1.29, 1.82) is 0 Å². The van der Waals surface area contributed by atoms with Crippen molar-refractivity contribution in [1.82, 2.24) is 4.90 Å². The first-order valence-corrected chi connectivity index (χ1v) is 11.2. The minimum Gasteiger partial charge on any atom is -0.322 e. The summed E-state index contributed by atoms with van der Waals surface area (Å²) in [7, 11) is 0. The van der Waals surface area contributed by atoms with Crippen molar-refractivity contribution in [2.75, 3.05) is 4.90 Å². The second kappa shape index (κ2) is 9.41. The van der Waals surface area contributed by atoms with E-state index in [9.17, 15) is 14.4 Å². The molecule has 33 heavy (non-hydrogen) atoms. The molecule has 3 amide bonds. The Bertz CT molecular complexity index is 1150. The Morgan fingerprint density at radius 3 is 2.18 bits per heavy atom. The molecule has 1 fully saturated rings. The molecular weight excluding hydrogens is 412 g/mol. The Morgan fingerprint density at radius 1 is 0.939 bits per heavy atom. The van der Waals surface area contributed by atoms with Gasteiger partial charge < -0.3 is 4.90 Å². The van der Waals surface area contributed by atoms with Gasteiger partial charge in [0.2, 0.25) is 5.91 Å². The van der Waals surface area contributed by atoms with Crippen LogP contribution >= 0.6 is 0 Å². The lowest BCUT2D eigenvalue weighted by Gasteiger charge is -2.28. The number of rotatable bonds is 6. The summed E-state index contributed by atoms with van der Waals surface area (Å²) in [5.41, 5.74) is 4.12. The zero-order chi connectivity index (χ0) is 23.5. The predicted octanol–water partition coefficient (Wildman–Crippen LogP) is 5.09. The van der Waals surface area contributed by atoms with Crippen molar-refractivity contribution >= 4 is 23.4 Å². The first-order valence-electron chi connectivity index (χ1n) is 11.2. The van der Waals surface area contributed by atoms with Crippen molar-refractivity contribution in [3.8, 4) is 0 Å². The van der Waals surface area contributed by atoms with Gasteiger partial charge in [-0.25, -0.2) is 4.90 Å². The van der Waals surface area contributed by atoms with Gasteiger partial charge in [0.15, 0.2) is 0 Å². The van der Waals surface area contributed by atoms with E-state index in [4.69, 9.17) is 0 Å². The number of amides is 3. The summed E-state index contributed by atoms with van der Waals surface area (Å²) in [6.45, 7) is 6.39. The zero-order valence-corrected chi connectivity index (χ0v) is 19.2. The van der Waals surface area contributed by atoms with Crippen LogP contribution in [0.25, 0.3) is 0 Å². The lowest BCUT2D eigenvalue weighted by molar-refractivity contribution is -0.122. The molecule has 1 saturated heterocycles. The van der Waals surface area contributed by atoms with E-state index in [0.717, 1.165) is 16.7 Å². The smallest absolute Gasteiger partial charge is 0.257 e. The summed E-state index contributed by atoms with van der Waals surface area (Å²) < 4.78 is 0. The van der Waals surface area contributed by atoms with Crippen LogP contribution in [-0.4, -0.2) is 28.7 Å². The molecule has 4 rings (SSSR count). The minimum absolute atomic E-state index is 0.0325. The van der Waals surface area contributed by atoms with Gasteiger partial charge in [-0.1, -0.05) is 74.0 Å². The van der Waals surface area contributed by atoms with Gasteiger partial charge in [0.1, 0.15) is 6.04 Å². The minimum atomic E-state index is -0.851. The summed E-state index contributed by atoms with van der Waals surface area (Å²) in [4.78, 5) is 42.7. The first kappa shape index (κ1) is 22.5. The van der Waals surface area contributed by atoms with Gasteiger partial charge in [-0.15, -0.1) is 0 Å². The van der Waals surface area contributed by atoms with Crippen LogP contribution in [0.4, 0.5) is 5.69 Å². The maximum absolute atomic E-state index is 13.5. The highest BCUT2D eigenvalue weighted by molar-refractivity contribution is 6.23. The van der Waals surface area contributed by atoms with Crippen molar-refractivity contribution < 1.29 is 14.4 Å². The van der Waals surface area contributed by atoms with Gasteiger partial charge in [-0.2, -0.15) is 0 Å². The van der Waals surface area contributed by atoms with Crippen LogP contribution in [0.15, 0.2) is 78.9 Å². The third kappa shape index (κ3) is 4.72. The maximum atomic E-state index is 13.5. The van der Waals surface area contributed by atoms with Gasteiger partial charge >= 0.3 is 0 Å². The molecule has 5 nitrogen and oxygen atoms in total. The molecule has 0 saturated carbocycles. The average Bonchev–Trinajstić information content (AvgIpc) is 3.11. The summed E-state index contributed by atoms with van der Waals surface area (Å²) in [6, 6.07) is 23.4. The van der Waals surface area contributed by atoms with E-state index in [2.05, 4.69) is 13.8 Å². The molecular formula is C28H28N2O3. The molecule has 1 heterocycles. The number of hydrogen-bond acceptors (Lipinski definition) is 3. The van der Waals surface area contributed by atoms with Crippen LogP contribution in [0.3, 0.4) is 0 Å². The number of carbonyl (C=O) groups is 3. The van der Waals surface area contributed by atoms with Crippen molar-refractivity contribution in [3.63, 3.8) is 0 Å². The zero-order valence-electron chi connectivity index (χ0n) is 19.2. The second-order valence-corrected chi connectivity index (χ2v) is 8.82. The average molecular weight is 441 g/mol. The van der Waals surface area contributed by atoms with Gasteiger partial charge in [-0.3, -0.25) is 14.4 Å². The molecule has 0 spiro atoms. The van der Waals surface area contributed by atoms with Gasteiger partial charge in [-0.05, 0) is 48.2 Å². The molecule has 0 aliphatic carbocycles. The fourth-order valence-electron chi connectivity index (χ4n) is 4.10. The largest absolute Gasteiger partial charge is 0.322 e. The van der Waals surface area contributed by atoms with E-state index in [1.807, 2.05) is 61.5 Å². The third-order valence-corrected chi connectivity index (χ3v) is 6.07. The molecule has 0 N–H and O–H groups in total. The van der Waals surface area contributed by atoms with E-state index in [1.54, 1.807) is 24.3 Å². The first-order chi connectivity index (χ1) is 15.8. The topological polar surface area (TPSA) is 57.7 Å². The molecule has 0 aromatic heterocycles. The van der Waals surface area contributed by atoms with E-state index in [-0.39, 0.29) is 30.7 Å². The highest BCUT2D eigenvalue weighted by atomic mass is 16.2. The van der Waals surface area contributed by atoms with Crippen LogP contribution < -0.4 is 4.90 Å². The predicted molar refractivity (Wildman–Crippen MR) is 129 cm³/mol. The highest BCUT2D eigenvalue weighted by Gasteiger charge is 2.44. The SMILES string of the molecule is Cc1ccc(C(=O)N(Cc2ccccc2)C2CC(=O)N(c3ccc(C(C)C)cc3)C2=O)cc1. The van der Waals surface area contributed by atoms with Crippen LogP contribution in [0, 0.1) is 6.92 Å². The Labute approximate surface area is 194 Å². The summed E-state index contributed by atoms with van der Waals surface area (Å²) in [6.07, 6.45) is -0.0325. The van der Waals surface area contributed by atoms with Crippen LogP contribution in [0.1, 0.15) is 53.2 Å². The molecule has 5 heteroatoms. The summed E-state index contributed by atoms with van der Waals surface area (Å²) in [5.74, 6) is -0.571. The molecule has 0 radical (unpaired) electrons. The number of benzene rings is 3. The Morgan fingerprint density at radius 2 is 1.58 bits per heavy atom. The number of nitrogens with zero attached hydrogens (tertiary/aromatic N) is 2. The Kier molecular flexibility index (Phi) is 6.40. The molecule has 1 aliphatic heterocycles. The van der Waals surface area contributed by atoms with Crippen LogP contribution in [0.5, 0.6) is 0 Å². The molecule has 1 atom stereocenters. The molecule has 1 aliphatic rings. The van der Waals surface area contributed by atoms with E-state index in [1.165, 1.54) is 9.80 Å². The molecule has 3 aromatic carbocycles. The van der Waals surface area contributed by atoms with E-state index < -0.39 is 6.04 Å². The van der Waals surface area contributed by atoms with Crippen LogP contribution in [-0.2, 0) is 16.1 Å². The van der Waals surface area contributed by atoms with Crippen LogP contribution in [0.2, 0.25) is 0 Å². The van der Waals surface area contributed by atoms with Gasteiger partial charge in [0.05, 0.1) is 12.1 Å². The van der Waals surface area contributed by atoms with E-state index in [0.29, 0.717) is 17.2 Å². The van der Waals surface area contributed by atoms with Gasteiger partial charge in [0, 0.05) is 12.1 Å². The van der Waals surface area contributed by atoms with Crippen molar-refractivity contribution in [2.45, 2.75) is 45.7 Å². The number of carbonyl (C=O) groups excluding carboxylic acids is 3. The lowest BCUT2D eigenvalue weighted by atomic mass is 10.0. The fraction of sp³-hybridized carbons (Fsp3) is 0.250. The number of imide groups is 1. The molecule has 168 valence electrons. The van der Waals surface area contributed by atoms with Crippen molar-refractivity contribution in [2.24, 2.45) is 0 Å². The standard InChI is InChI=1S/C28H28N2O3/c1-19(2)22-13-15-24(16-14-22)30-26(31)17-25(28(30)33)29(18-21-7-5-4-6-8-21)27(32)23-11-9-20(3)10-12-23/h4-16,19,25H,17-18H2,1-3H3.